The van der Waals surface area contributed by atoms with Gasteiger partial charge < -0.3 is 27.6 Å². The fourth-order valence-electron chi connectivity index (χ4n) is 0.848. The van der Waals surface area contributed by atoms with Crippen LogP contribution in [0.1, 0.15) is 6.42 Å². The Bertz CT molecular complexity index is 281. The Labute approximate surface area is 92.1 Å². The second-order valence-corrected chi connectivity index (χ2v) is 3.25. The molecule has 0 heterocycles. The Balaban J connectivity index is 3.97. The first-order valence-electron chi connectivity index (χ1n) is 4.59. The van der Waals surface area contributed by atoms with Gasteiger partial charge in [-0.15, -0.1) is 0 Å². The Kier molecular flexibility index (Phi) is 6.23. The van der Waals surface area contributed by atoms with Gasteiger partial charge in [0.2, 0.25) is 11.8 Å². The number of hydrogen-bond donors (Lipinski definition) is 5. The third-order valence-corrected chi connectivity index (χ3v) is 1.80. The van der Waals surface area contributed by atoms with E-state index in [9.17, 15) is 14.4 Å². The SMILES string of the molecule is NC(=O)C[C@H](N)C(=O)NCC(=O)[C@@H](N)CO. The van der Waals surface area contributed by atoms with Crippen LogP contribution in [0, 0.1) is 0 Å². The zero-order valence-electron chi connectivity index (χ0n) is 8.68. The molecule has 0 aliphatic rings. The molecule has 8 nitrogen and oxygen atoms in total. The van der Waals surface area contributed by atoms with Crippen molar-refractivity contribution in [2.75, 3.05) is 13.2 Å². The molecule has 0 fully saturated rings. The first kappa shape index (κ1) is 14.5. The lowest BCUT2D eigenvalue weighted by Crippen LogP contribution is -2.47. The van der Waals surface area contributed by atoms with Crippen molar-refractivity contribution < 1.29 is 19.5 Å². The van der Waals surface area contributed by atoms with Crippen LogP contribution in [-0.4, -0.2) is 47.9 Å². The largest absolute Gasteiger partial charge is 0.394 e. The lowest BCUT2D eigenvalue weighted by atomic mass is 10.2. The molecule has 0 bridgehead atoms. The summed E-state index contributed by atoms with van der Waals surface area (Å²) in [5.74, 6) is -1.90. The van der Waals surface area contributed by atoms with Crippen LogP contribution in [0.15, 0.2) is 0 Å². The average Bonchev–Trinajstić information content (AvgIpc) is 2.23. The second kappa shape index (κ2) is 6.88. The summed E-state index contributed by atoms with van der Waals surface area (Å²) < 4.78 is 0. The number of primary amides is 1. The van der Waals surface area contributed by atoms with Gasteiger partial charge in [-0.05, 0) is 0 Å². The second-order valence-electron chi connectivity index (χ2n) is 3.25. The normalized spacial score (nSPS) is 13.9. The molecule has 0 spiro atoms. The molecule has 8 N–H and O–H groups in total. The van der Waals surface area contributed by atoms with Gasteiger partial charge in [-0.2, -0.15) is 0 Å². The summed E-state index contributed by atoms with van der Waals surface area (Å²) >= 11 is 0. The van der Waals surface area contributed by atoms with Gasteiger partial charge >= 0.3 is 0 Å². The van der Waals surface area contributed by atoms with Crippen LogP contribution in [0.25, 0.3) is 0 Å². The van der Waals surface area contributed by atoms with Crippen molar-refractivity contribution in [3.8, 4) is 0 Å². The number of ketones is 1. The smallest absolute Gasteiger partial charge is 0.237 e. The van der Waals surface area contributed by atoms with Crippen LogP contribution < -0.4 is 22.5 Å². The molecule has 2 amide bonds. The third kappa shape index (κ3) is 5.39. The van der Waals surface area contributed by atoms with Crippen LogP contribution in [-0.2, 0) is 14.4 Å². The van der Waals surface area contributed by atoms with Crippen molar-refractivity contribution in [1.82, 2.24) is 5.32 Å². The van der Waals surface area contributed by atoms with Crippen LogP contribution in [0.2, 0.25) is 0 Å². The number of hydrogen-bond acceptors (Lipinski definition) is 6. The Morgan fingerprint density at radius 3 is 2.19 bits per heavy atom. The van der Waals surface area contributed by atoms with Gasteiger partial charge in [-0.1, -0.05) is 0 Å². The van der Waals surface area contributed by atoms with E-state index in [-0.39, 0.29) is 13.0 Å². The molecule has 0 saturated heterocycles. The van der Waals surface area contributed by atoms with Gasteiger partial charge in [0.1, 0.15) is 0 Å². The molecule has 92 valence electrons. The Morgan fingerprint density at radius 2 is 1.75 bits per heavy atom. The van der Waals surface area contributed by atoms with Gasteiger partial charge in [0.05, 0.1) is 31.7 Å². The van der Waals surface area contributed by atoms with Crippen molar-refractivity contribution >= 4 is 17.6 Å². The third-order valence-electron chi connectivity index (χ3n) is 1.80. The van der Waals surface area contributed by atoms with Crippen LogP contribution in [0.4, 0.5) is 0 Å². The number of carbonyl (C=O) groups is 3. The molecule has 0 saturated carbocycles. The van der Waals surface area contributed by atoms with Crippen LogP contribution >= 0.6 is 0 Å². The molecule has 0 rings (SSSR count). The zero-order chi connectivity index (χ0) is 12.7. The molecule has 0 aliphatic heterocycles. The van der Waals surface area contributed by atoms with Crippen molar-refractivity contribution in [2.24, 2.45) is 17.2 Å². The van der Waals surface area contributed by atoms with Gasteiger partial charge in [0.25, 0.3) is 0 Å². The highest BCUT2D eigenvalue weighted by molar-refractivity contribution is 5.92. The van der Waals surface area contributed by atoms with E-state index < -0.39 is 36.3 Å². The highest BCUT2D eigenvalue weighted by Crippen LogP contribution is 1.87. The summed E-state index contributed by atoms with van der Waals surface area (Å²) in [5.41, 5.74) is 15.3. The number of aliphatic hydroxyl groups excluding tert-OH is 1. The van der Waals surface area contributed by atoms with E-state index in [0.29, 0.717) is 0 Å². The first-order valence-corrected chi connectivity index (χ1v) is 4.59. The van der Waals surface area contributed by atoms with E-state index >= 15 is 0 Å². The van der Waals surface area contributed by atoms with E-state index in [1.54, 1.807) is 0 Å². The highest BCUT2D eigenvalue weighted by atomic mass is 16.3. The lowest BCUT2D eigenvalue weighted by molar-refractivity contribution is -0.128. The van der Waals surface area contributed by atoms with Crippen molar-refractivity contribution in [3.05, 3.63) is 0 Å². The van der Waals surface area contributed by atoms with Gasteiger partial charge in [-0.3, -0.25) is 14.4 Å². The summed E-state index contributed by atoms with van der Waals surface area (Å²) in [6.07, 6.45) is -0.300. The topological polar surface area (TPSA) is 162 Å². The van der Waals surface area contributed by atoms with Crippen LogP contribution in [0.5, 0.6) is 0 Å². The van der Waals surface area contributed by atoms with Crippen LogP contribution in [0.3, 0.4) is 0 Å². The molecular formula is C8H16N4O4. The van der Waals surface area contributed by atoms with Gasteiger partial charge in [-0.25, -0.2) is 0 Å². The maximum absolute atomic E-state index is 11.2. The van der Waals surface area contributed by atoms with Gasteiger partial charge in [0.15, 0.2) is 5.78 Å². The molecule has 8 heteroatoms. The average molecular weight is 232 g/mol. The minimum absolute atomic E-state index is 0.300. The summed E-state index contributed by atoms with van der Waals surface area (Å²) in [4.78, 5) is 32.7. The standard InChI is InChI=1S/C8H16N4O4/c9-4(1-7(11)15)8(16)12-2-6(14)5(10)3-13/h4-5,13H,1-3,9-10H2,(H2,11,15)(H,12,16)/t4-,5-/m0/s1. The Morgan fingerprint density at radius 1 is 1.19 bits per heavy atom. The van der Waals surface area contributed by atoms with E-state index in [1.165, 1.54) is 0 Å². The predicted molar refractivity (Wildman–Crippen MR) is 54.9 cm³/mol. The maximum atomic E-state index is 11.2. The van der Waals surface area contributed by atoms with E-state index in [2.05, 4.69) is 5.32 Å². The molecule has 0 unspecified atom stereocenters. The maximum Gasteiger partial charge on any atom is 0.237 e. The van der Waals surface area contributed by atoms with Crippen molar-refractivity contribution in [1.29, 1.82) is 0 Å². The van der Waals surface area contributed by atoms with Crippen molar-refractivity contribution in [3.63, 3.8) is 0 Å². The minimum Gasteiger partial charge on any atom is -0.394 e. The number of rotatable bonds is 7. The zero-order valence-corrected chi connectivity index (χ0v) is 8.68. The van der Waals surface area contributed by atoms with Gasteiger partial charge in [0, 0.05) is 0 Å². The summed E-state index contributed by atoms with van der Waals surface area (Å²) in [6, 6.07) is -2.12. The van der Waals surface area contributed by atoms with E-state index in [4.69, 9.17) is 22.3 Å². The first-order chi connectivity index (χ1) is 7.38. The molecule has 0 aliphatic carbocycles. The molecule has 0 radical (unpaired) electrons. The molecular weight excluding hydrogens is 216 g/mol. The lowest BCUT2D eigenvalue weighted by Gasteiger charge is -2.11. The predicted octanol–water partition coefficient (Wildman–Crippen LogP) is -3.81. The molecule has 0 aromatic heterocycles. The Hall–Kier alpha value is -1.51. The molecule has 0 aromatic carbocycles. The summed E-state index contributed by atoms with van der Waals surface area (Å²) in [7, 11) is 0. The van der Waals surface area contributed by atoms with E-state index in [1.807, 2.05) is 0 Å². The molecule has 16 heavy (non-hydrogen) atoms. The quantitative estimate of drug-likeness (QED) is 0.302. The number of Topliss-reactive ketones (excluding diaryl/α,β-unsaturated/α-hetero) is 1. The fourth-order valence-corrected chi connectivity index (χ4v) is 0.848. The van der Waals surface area contributed by atoms with E-state index in [0.717, 1.165) is 0 Å². The number of aliphatic hydroxyl groups is 1. The minimum atomic E-state index is -1.09. The summed E-state index contributed by atoms with van der Waals surface area (Å²) in [5, 5.41) is 10.7. The summed E-state index contributed by atoms with van der Waals surface area (Å²) in [6.45, 7) is -0.838. The highest BCUT2D eigenvalue weighted by Gasteiger charge is 2.18. The monoisotopic (exact) mass is 232 g/mol. The number of amides is 2. The number of nitrogens with two attached hydrogens (primary N) is 3. The fraction of sp³-hybridized carbons (Fsp3) is 0.625. The number of carbonyl (C=O) groups excluding carboxylic acids is 3. The molecule has 0 aromatic rings. The number of nitrogens with one attached hydrogen (secondary N) is 1. The molecule has 2 atom stereocenters. The van der Waals surface area contributed by atoms with Crippen molar-refractivity contribution in [2.45, 2.75) is 18.5 Å².